The molecule has 1 aromatic heterocycles. The number of benzene rings is 1. The minimum Gasteiger partial charge on any atom is -0.507 e. The molecule has 2 aliphatic carbocycles. The van der Waals surface area contributed by atoms with Crippen molar-refractivity contribution >= 4 is 5.78 Å². The number of carbonyl (C=O) groups excluding carboxylic acids is 1. The number of carbonyl (C=O) groups is 1. The minimum absolute atomic E-state index is 0.0782. The van der Waals surface area contributed by atoms with Gasteiger partial charge in [-0.05, 0) is 43.2 Å². The van der Waals surface area contributed by atoms with Crippen LogP contribution in [0.2, 0.25) is 0 Å². The second kappa shape index (κ2) is 4.84. The molecule has 2 aromatic rings. The minimum atomic E-state index is -0.417. The fourth-order valence-electron chi connectivity index (χ4n) is 5.13. The summed E-state index contributed by atoms with van der Waals surface area (Å²) >= 11 is 0. The van der Waals surface area contributed by atoms with Crippen molar-refractivity contribution < 1.29 is 9.90 Å². The first-order valence-electron chi connectivity index (χ1n) is 8.80. The van der Waals surface area contributed by atoms with Gasteiger partial charge in [-0.3, -0.25) is 14.2 Å². The van der Waals surface area contributed by atoms with E-state index in [1.807, 2.05) is 30.3 Å². The second-order valence-electron chi connectivity index (χ2n) is 8.16. The van der Waals surface area contributed by atoms with Gasteiger partial charge in [-0.25, -0.2) is 0 Å². The molecule has 4 heteroatoms. The Labute approximate surface area is 147 Å². The molecule has 0 saturated heterocycles. The highest BCUT2D eigenvalue weighted by Gasteiger charge is 2.62. The molecule has 0 unspecified atom stereocenters. The van der Waals surface area contributed by atoms with Crippen LogP contribution in [0.3, 0.4) is 0 Å². The van der Waals surface area contributed by atoms with Gasteiger partial charge in [0, 0.05) is 22.4 Å². The number of hydrogen-bond acceptors (Lipinski definition) is 3. The first-order valence-corrected chi connectivity index (χ1v) is 8.80. The molecule has 0 aliphatic heterocycles. The third-order valence-corrected chi connectivity index (χ3v) is 6.85. The summed E-state index contributed by atoms with van der Waals surface area (Å²) in [5.74, 6) is -0.331. The first-order chi connectivity index (χ1) is 11.7. The van der Waals surface area contributed by atoms with E-state index in [1.54, 1.807) is 4.57 Å². The number of Topliss-reactive ketones (excluding diaryl/α,β-unsaturated/α-hetero) is 1. The molecule has 2 bridgehead atoms. The van der Waals surface area contributed by atoms with Crippen LogP contribution in [0.15, 0.2) is 35.1 Å². The maximum Gasteiger partial charge on any atom is 0.270 e. The third-order valence-electron chi connectivity index (χ3n) is 6.85. The molecular formula is C21H23NO3. The van der Waals surface area contributed by atoms with Crippen molar-refractivity contribution in [2.75, 3.05) is 0 Å². The fourth-order valence-corrected chi connectivity index (χ4v) is 5.13. The van der Waals surface area contributed by atoms with Crippen molar-refractivity contribution in [2.45, 2.75) is 51.9 Å². The maximum atomic E-state index is 13.2. The largest absolute Gasteiger partial charge is 0.507 e. The quantitative estimate of drug-likeness (QED) is 0.845. The average molecular weight is 337 g/mol. The molecule has 4 nitrogen and oxygen atoms in total. The highest BCUT2D eigenvalue weighted by atomic mass is 16.3. The molecular weight excluding hydrogens is 314 g/mol. The number of aromatic nitrogens is 1. The normalized spacial score (nSPS) is 25.8. The molecule has 1 aromatic carbocycles. The maximum absolute atomic E-state index is 13.2. The highest BCUT2D eigenvalue weighted by molar-refractivity contribution is 5.97. The van der Waals surface area contributed by atoms with Gasteiger partial charge in [0.25, 0.3) is 5.56 Å². The van der Waals surface area contributed by atoms with E-state index >= 15 is 0 Å². The van der Waals surface area contributed by atoms with Crippen LogP contribution >= 0.6 is 0 Å². The monoisotopic (exact) mass is 337 g/mol. The second-order valence-corrected chi connectivity index (χ2v) is 8.16. The summed E-state index contributed by atoms with van der Waals surface area (Å²) in [6.45, 7) is 7.94. The van der Waals surface area contributed by atoms with Gasteiger partial charge in [-0.15, -0.1) is 0 Å². The Hall–Kier alpha value is -2.36. The van der Waals surface area contributed by atoms with Crippen molar-refractivity contribution in [3.8, 4) is 11.4 Å². The first kappa shape index (κ1) is 16.1. The van der Waals surface area contributed by atoms with E-state index < -0.39 is 5.56 Å². The number of pyridine rings is 1. The number of para-hydroxylation sites is 1. The van der Waals surface area contributed by atoms with Crippen molar-refractivity contribution in [1.82, 2.24) is 4.57 Å². The summed E-state index contributed by atoms with van der Waals surface area (Å²) in [6, 6.07) is 9.43. The molecule has 0 spiro atoms. The van der Waals surface area contributed by atoms with Gasteiger partial charge in [0.05, 0.1) is 0 Å². The number of fused-ring (bicyclic) bond motifs is 5. The van der Waals surface area contributed by atoms with Crippen LogP contribution in [-0.2, 0) is 5.41 Å². The third kappa shape index (κ3) is 1.77. The van der Waals surface area contributed by atoms with Gasteiger partial charge < -0.3 is 5.11 Å². The number of aromatic hydroxyl groups is 1. The van der Waals surface area contributed by atoms with Gasteiger partial charge in [0.15, 0.2) is 5.78 Å². The van der Waals surface area contributed by atoms with Crippen molar-refractivity contribution in [3.63, 3.8) is 0 Å². The lowest BCUT2D eigenvalue weighted by atomic mass is 9.70. The fraction of sp³-hybridized carbons (Fsp3) is 0.429. The van der Waals surface area contributed by atoms with Crippen LogP contribution in [0.5, 0.6) is 5.75 Å². The SMILES string of the molecule is CC(=O)c1c(O)c2c(n(-c3ccccc3)c1=O)[C@]1(C)CC[C@H]2C1(C)C. The highest BCUT2D eigenvalue weighted by Crippen LogP contribution is 2.69. The molecule has 2 aliphatic rings. The van der Waals surface area contributed by atoms with Crippen molar-refractivity contribution in [1.29, 1.82) is 0 Å². The Kier molecular flexibility index (Phi) is 3.12. The Bertz CT molecular complexity index is 955. The lowest BCUT2D eigenvalue weighted by molar-refractivity contribution is 0.101. The van der Waals surface area contributed by atoms with Gasteiger partial charge in [-0.1, -0.05) is 39.0 Å². The smallest absolute Gasteiger partial charge is 0.270 e. The summed E-state index contributed by atoms with van der Waals surface area (Å²) < 4.78 is 1.67. The Morgan fingerprint density at radius 2 is 1.84 bits per heavy atom. The molecule has 2 atom stereocenters. The molecule has 0 radical (unpaired) electrons. The molecule has 1 N–H and O–H groups in total. The van der Waals surface area contributed by atoms with Crippen molar-refractivity contribution in [3.05, 3.63) is 57.5 Å². The van der Waals surface area contributed by atoms with E-state index in [-0.39, 0.29) is 33.8 Å². The summed E-state index contributed by atoms with van der Waals surface area (Å²) in [4.78, 5) is 25.3. The lowest BCUT2D eigenvalue weighted by Crippen LogP contribution is -2.37. The molecule has 0 amide bonds. The average Bonchev–Trinajstić information content (AvgIpc) is 2.88. The van der Waals surface area contributed by atoms with Crippen molar-refractivity contribution in [2.24, 2.45) is 5.41 Å². The topological polar surface area (TPSA) is 59.3 Å². The standard InChI is InChI=1S/C21H23NO3/c1-12(23)15-17(24)16-14-10-11-21(4,20(14,2)3)18(16)22(19(15)25)13-8-6-5-7-9-13/h5-9,14,24H,10-11H2,1-4H3/t14-,21+/m1/s1. The van der Waals surface area contributed by atoms with Crippen LogP contribution in [0.25, 0.3) is 5.69 Å². The van der Waals surface area contributed by atoms with Crippen LogP contribution in [0.1, 0.15) is 68.1 Å². The van der Waals surface area contributed by atoms with E-state index in [0.717, 1.165) is 29.8 Å². The molecule has 1 heterocycles. The van der Waals surface area contributed by atoms with Gasteiger partial charge in [-0.2, -0.15) is 0 Å². The number of rotatable bonds is 2. The van der Waals surface area contributed by atoms with Gasteiger partial charge in [0.2, 0.25) is 0 Å². The van der Waals surface area contributed by atoms with Crippen LogP contribution in [0.4, 0.5) is 0 Å². The molecule has 1 saturated carbocycles. The lowest BCUT2D eigenvalue weighted by Gasteiger charge is -2.36. The van der Waals surface area contributed by atoms with Crippen LogP contribution < -0.4 is 5.56 Å². The Balaban J connectivity index is 2.20. The van der Waals surface area contributed by atoms with Gasteiger partial charge >= 0.3 is 0 Å². The Morgan fingerprint density at radius 1 is 1.20 bits per heavy atom. The van der Waals surface area contributed by atoms with E-state index in [0.29, 0.717) is 0 Å². The predicted octanol–water partition coefficient (Wildman–Crippen LogP) is 3.92. The summed E-state index contributed by atoms with van der Waals surface area (Å²) in [5, 5.41) is 10.9. The molecule has 1 fully saturated rings. The summed E-state index contributed by atoms with van der Waals surface area (Å²) in [7, 11) is 0. The van der Waals surface area contributed by atoms with Crippen LogP contribution in [-0.4, -0.2) is 15.5 Å². The van der Waals surface area contributed by atoms with E-state index in [4.69, 9.17) is 0 Å². The van der Waals surface area contributed by atoms with E-state index in [1.165, 1.54) is 6.92 Å². The zero-order chi connectivity index (χ0) is 18.1. The number of nitrogens with zero attached hydrogens (tertiary/aromatic N) is 1. The van der Waals surface area contributed by atoms with E-state index in [9.17, 15) is 14.7 Å². The van der Waals surface area contributed by atoms with Crippen LogP contribution in [0, 0.1) is 5.41 Å². The molecule has 130 valence electrons. The zero-order valence-corrected chi connectivity index (χ0v) is 15.1. The Morgan fingerprint density at radius 3 is 2.44 bits per heavy atom. The molecule has 25 heavy (non-hydrogen) atoms. The summed E-state index contributed by atoms with van der Waals surface area (Å²) in [6.07, 6.45) is 1.94. The number of ketones is 1. The summed E-state index contributed by atoms with van der Waals surface area (Å²) in [5.41, 5.74) is 1.63. The van der Waals surface area contributed by atoms with Gasteiger partial charge in [0.1, 0.15) is 11.3 Å². The molecule has 4 rings (SSSR count). The predicted molar refractivity (Wildman–Crippen MR) is 96.8 cm³/mol. The number of hydrogen-bond donors (Lipinski definition) is 1. The van der Waals surface area contributed by atoms with E-state index in [2.05, 4.69) is 20.8 Å². The zero-order valence-electron chi connectivity index (χ0n) is 15.1.